The van der Waals surface area contributed by atoms with E-state index in [-0.39, 0.29) is 22.9 Å². The number of hydrogen-bond acceptors (Lipinski definition) is 0. The van der Waals surface area contributed by atoms with E-state index in [2.05, 4.69) is 0 Å². The lowest BCUT2D eigenvalue weighted by Crippen LogP contribution is -2.22. The van der Waals surface area contributed by atoms with Crippen molar-refractivity contribution in [3.8, 4) is 0 Å². The topological polar surface area (TPSA) is 0 Å². The lowest BCUT2D eigenvalue weighted by atomic mass is 9.84. The first kappa shape index (κ1) is 11.8. The molecule has 2 rings (SSSR count). The van der Waals surface area contributed by atoms with Gasteiger partial charge in [0.2, 0.25) is 0 Å². The van der Waals surface area contributed by atoms with E-state index in [0.717, 1.165) is 31.7 Å². The molecule has 1 aliphatic carbocycles. The second-order valence-corrected chi connectivity index (χ2v) is 5.06. The molecule has 1 aromatic carbocycles. The van der Waals surface area contributed by atoms with E-state index in [1.807, 2.05) is 0 Å². The van der Waals surface area contributed by atoms with Crippen LogP contribution < -0.4 is 0 Å². The van der Waals surface area contributed by atoms with Gasteiger partial charge in [0.05, 0.1) is 0 Å². The summed E-state index contributed by atoms with van der Waals surface area (Å²) in [5, 5.41) is 0.108. The van der Waals surface area contributed by atoms with Gasteiger partial charge < -0.3 is 0 Å². The predicted octanol–water partition coefficient (Wildman–Crippen LogP) is 4.30. The van der Waals surface area contributed by atoms with Crippen molar-refractivity contribution in [2.45, 2.75) is 37.5 Å². The summed E-state index contributed by atoms with van der Waals surface area (Å²) in [6.45, 7) is 0. The van der Waals surface area contributed by atoms with Crippen LogP contribution in [0.5, 0.6) is 0 Å². The molecule has 0 saturated heterocycles. The van der Waals surface area contributed by atoms with Gasteiger partial charge in [0.25, 0.3) is 0 Å². The first-order valence-corrected chi connectivity index (χ1v) is 6.18. The van der Waals surface area contributed by atoms with Crippen molar-refractivity contribution < 1.29 is 8.78 Å². The Morgan fingerprint density at radius 1 is 1.19 bits per heavy atom. The smallest absolute Gasteiger partial charge is 0.126 e. The van der Waals surface area contributed by atoms with E-state index in [4.69, 9.17) is 11.6 Å². The average molecular weight is 245 g/mol. The van der Waals surface area contributed by atoms with Crippen molar-refractivity contribution >= 4 is 11.6 Å². The van der Waals surface area contributed by atoms with Gasteiger partial charge in [0, 0.05) is 5.38 Å². The highest BCUT2D eigenvalue weighted by molar-refractivity contribution is 6.20. The summed E-state index contributed by atoms with van der Waals surface area (Å²) in [6.07, 6.45) is 4.85. The Hall–Kier alpha value is -0.630. The molecule has 2 unspecified atom stereocenters. The molecular weight excluding hydrogens is 230 g/mol. The van der Waals surface area contributed by atoms with Gasteiger partial charge in [0.1, 0.15) is 11.6 Å². The molecule has 88 valence electrons. The van der Waals surface area contributed by atoms with Crippen LogP contribution in [0.25, 0.3) is 0 Å². The van der Waals surface area contributed by atoms with Crippen molar-refractivity contribution in [3.63, 3.8) is 0 Å². The predicted molar refractivity (Wildman–Crippen MR) is 61.7 cm³/mol. The molecule has 16 heavy (non-hydrogen) atoms. The highest BCUT2D eigenvalue weighted by atomic mass is 35.5. The van der Waals surface area contributed by atoms with E-state index in [1.54, 1.807) is 0 Å². The normalized spacial score (nSPS) is 25.7. The third-order valence-electron chi connectivity index (χ3n) is 3.31. The fraction of sp³-hybridized carbons (Fsp3) is 0.538. The Morgan fingerprint density at radius 3 is 2.69 bits per heavy atom. The molecule has 0 radical (unpaired) electrons. The maximum atomic E-state index is 13.4. The van der Waals surface area contributed by atoms with E-state index >= 15 is 0 Å². The Morgan fingerprint density at radius 2 is 1.94 bits per heavy atom. The van der Waals surface area contributed by atoms with Crippen LogP contribution in [0.3, 0.4) is 0 Å². The second kappa shape index (κ2) is 5.13. The summed E-state index contributed by atoms with van der Waals surface area (Å²) >= 11 is 6.21. The number of halogens is 3. The summed E-state index contributed by atoms with van der Waals surface area (Å²) in [4.78, 5) is 0. The van der Waals surface area contributed by atoms with Gasteiger partial charge in [-0.25, -0.2) is 8.78 Å². The Balaban J connectivity index is 2.10. The molecule has 0 heterocycles. The minimum Gasteiger partial charge on any atom is -0.207 e. The van der Waals surface area contributed by atoms with E-state index in [0.29, 0.717) is 12.0 Å². The zero-order chi connectivity index (χ0) is 11.5. The van der Waals surface area contributed by atoms with Gasteiger partial charge in [-0.3, -0.25) is 0 Å². The molecule has 0 amide bonds. The monoisotopic (exact) mass is 244 g/mol. The lowest BCUT2D eigenvalue weighted by Gasteiger charge is -2.27. The largest absolute Gasteiger partial charge is 0.207 e. The average Bonchev–Trinajstić information content (AvgIpc) is 2.27. The van der Waals surface area contributed by atoms with Crippen LogP contribution in [-0.2, 0) is 6.42 Å². The first-order chi connectivity index (χ1) is 7.66. The number of hydrogen-bond donors (Lipinski definition) is 0. The minimum atomic E-state index is -0.377. The van der Waals surface area contributed by atoms with Crippen LogP contribution in [0.15, 0.2) is 18.2 Å². The summed E-state index contributed by atoms with van der Waals surface area (Å²) in [5.41, 5.74) is 0.456. The molecule has 1 aromatic rings. The molecule has 0 bridgehead atoms. The molecule has 0 spiro atoms. The fourth-order valence-electron chi connectivity index (χ4n) is 2.37. The SMILES string of the molecule is Fc1ccc(F)c(CC2CCCCC2Cl)c1. The van der Waals surface area contributed by atoms with E-state index in [1.165, 1.54) is 12.1 Å². The zero-order valence-corrected chi connectivity index (χ0v) is 9.81. The molecule has 2 atom stereocenters. The Kier molecular flexibility index (Phi) is 3.80. The molecule has 0 N–H and O–H groups in total. The van der Waals surface area contributed by atoms with Gasteiger partial charge in [0.15, 0.2) is 0 Å². The summed E-state index contributed by atoms with van der Waals surface area (Å²) < 4.78 is 26.4. The Bertz CT molecular complexity index is 365. The summed E-state index contributed by atoms with van der Waals surface area (Å²) in [7, 11) is 0. The molecule has 0 nitrogen and oxygen atoms in total. The van der Waals surface area contributed by atoms with Crippen LogP contribution in [-0.4, -0.2) is 5.38 Å². The minimum absolute atomic E-state index is 0.108. The molecule has 0 aliphatic heterocycles. The number of alkyl halides is 1. The Labute approximate surface area is 99.6 Å². The molecule has 1 saturated carbocycles. The lowest BCUT2D eigenvalue weighted by molar-refractivity contribution is 0.359. The van der Waals surface area contributed by atoms with Gasteiger partial charge in [-0.2, -0.15) is 0 Å². The summed E-state index contributed by atoms with van der Waals surface area (Å²) in [5.74, 6) is -0.416. The van der Waals surface area contributed by atoms with Crippen molar-refractivity contribution in [2.75, 3.05) is 0 Å². The van der Waals surface area contributed by atoms with Crippen LogP contribution in [0.4, 0.5) is 8.78 Å². The third kappa shape index (κ3) is 2.73. The maximum absolute atomic E-state index is 13.4. The van der Waals surface area contributed by atoms with Gasteiger partial charge in [-0.15, -0.1) is 11.6 Å². The van der Waals surface area contributed by atoms with Crippen LogP contribution in [0.1, 0.15) is 31.2 Å². The van der Waals surface area contributed by atoms with Gasteiger partial charge >= 0.3 is 0 Å². The third-order valence-corrected chi connectivity index (χ3v) is 3.88. The summed E-state index contributed by atoms with van der Waals surface area (Å²) in [6, 6.07) is 3.63. The quantitative estimate of drug-likeness (QED) is 0.681. The molecule has 1 fully saturated rings. The van der Waals surface area contributed by atoms with Gasteiger partial charge in [-0.1, -0.05) is 12.8 Å². The van der Waals surface area contributed by atoms with Crippen LogP contribution in [0, 0.1) is 17.6 Å². The molecule has 3 heteroatoms. The number of benzene rings is 1. The van der Waals surface area contributed by atoms with Gasteiger partial charge in [-0.05, 0) is 48.9 Å². The molecule has 0 aromatic heterocycles. The fourth-order valence-corrected chi connectivity index (χ4v) is 2.74. The highest BCUT2D eigenvalue weighted by Gasteiger charge is 2.24. The van der Waals surface area contributed by atoms with Crippen molar-refractivity contribution in [3.05, 3.63) is 35.4 Å². The first-order valence-electron chi connectivity index (χ1n) is 5.75. The molecular formula is C13H15ClF2. The highest BCUT2D eigenvalue weighted by Crippen LogP contribution is 2.31. The van der Waals surface area contributed by atoms with Crippen molar-refractivity contribution in [1.29, 1.82) is 0 Å². The van der Waals surface area contributed by atoms with Crippen LogP contribution in [0.2, 0.25) is 0 Å². The van der Waals surface area contributed by atoms with E-state index in [9.17, 15) is 8.78 Å². The number of rotatable bonds is 2. The van der Waals surface area contributed by atoms with Crippen LogP contribution >= 0.6 is 11.6 Å². The maximum Gasteiger partial charge on any atom is 0.126 e. The van der Waals surface area contributed by atoms with Crippen molar-refractivity contribution in [1.82, 2.24) is 0 Å². The second-order valence-electron chi connectivity index (χ2n) is 4.50. The molecule has 1 aliphatic rings. The standard InChI is InChI=1S/C13H15ClF2/c14-12-4-2-1-3-9(12)7-10-8-11(15)5-6-13(10)16/h5-6,8-9,12H,1-4,7H2. The zero-order valence-electron chi connectivity index (χ0n) is 9.06. The van der Waals surface area contributed by atoms with Crippen molar-refractivity contribution in [2.24, 2.45) is 5.92 Å². The van der Waals surface area contributed by atoms with E-state index < -0.39 is 0 Å².